The first kappa shape index (κ1) is 15.0. The molecule has 0 bridgehead atoms. The van der Waals surface area contributed by atoms with Crippen molar-refractivity contribution in [2.45, 2.75) is 0 Å². The average molecular weight is 395 g/mol. The Morgan fingerprint density at radius 3 is 2.55 bits per heavy atom. The smallest absolute Gasteiger partial charge is 0.224 e. The van der Waals surface area contributed by atoms with Gasteiger partial charge in [0, 0.05) is 12.1 Å². The zero-order chi connectivity index (χ0) is 13.2. The minimum atomic E-state index is 0. The van der Waals surface area contributed by atoms with Gasteiger partial charge in [0.25, 0.3) is 0 Å². The van der Waals surface area contributed by atoms with E-state index in [4.69, 9.17) is 4.74 Å². The third-order valence-corrected chi connectivity index (χ3v) is 3.80. The Balaban J connectivity index is 0.00000147. The summed E-state index contributed by atoms with van der Waals surface area (Å²) in [6, 6.07) is 16.3. The molecule has 3 rings (SSSR count). The molecule has 2 nitrogen and oxygen atoms in total. The number of hydrogen-bond acceptors (Lipinski definition) is 1. The fourth-order valence-electron chi connectivity index (χ4n) is 2.18. The molecule has 20 heavy (non-hydrogen) atoms. The predicted molar refractivity (Wildman–Crippen MR) is 79.7 cm³/mol. The molecule has 0 fully saturated rings. The highest BCUT2D eigenvalue weighted by Gasteiger charge is 2.12. The van der Waals surface area contributed by atoms with Gasteiger partial charge < -0.3 is 21.7 Å². The summed E-state index contributed by atoms with van der Waals surface area (Å²) in [5, 5.41) is 2.27. The number of nitrogens with zero attached hydrogens (tertiary/aromatic N) is 1. The summed E-state index contributed by atoms with van der Waals surface area (Å²) in [5.41, 5.74) is 1.11. The van der Waals surface area contributed by atoms with Crippen molar-refractivity contribution >= 4 is 26.7 Å². The van der Waals surface area contributed by atoms with Crippen molar-refractivity contribution in [1.29, 1.82) is 0 Å². The van der Waals surface area contributed by atoms with E-state index in [1.54, 1.807) is 7.11 Å². The zero-order valence-corrected chi connectivity index (χ0v) is 14.1. The van der Waals surface area contributed by atoms with Crippen LogP contribution >= 0.6 is 15.9 Å². The summed E-state index contributed by atoms with van der Waals surface area (Å²) in [5.74, 6) is 0.888. The lowest BCUT2D eigenvalue weighted by atomic mass is 10.1. The number of hydrogen-bond donors (Lipinski definition) is 0. The highest BCUT2D eigenvalue weighted by Crippen LogP contribution is 2.24. The largest absolute Gasteiger partial charge is 1.00 e. The van der Waals surface area contributed by atoms with Crippen LogP contribution in [0.5, 0.6) is 5.75 Å². The third kappa shape index (κ3) is 2.72. The highest BCUT2D eigenvalue weighted by atomic mass is 79.9. The molecule has 0 radical (unpaired) electrons. The minimum Gasteiger partial charge on any atom is -1.00 e. The Morgan fingerprint density at radius 2 is 1.80 bits per heavy atom. The van der Waals surface area contributed by atoms with Crippen LogP contribution in [0.25, 0.3) is 16.5 Å². The first-order valence-electron chi connectivity index (χ1n) is 6.02. The molecule has 1 heterocycles. The normalized spacial score (nSPS) is 10.1. The van der Waals surface area contributed by atoms with Crippen molar-refractivity contribution < 1.29 is 26.3 Å². The summed E-state index contributed by atoms with van der Waals surface area (Å²) in [6.07, 6.45) is 4.15. The molecule has 2 aromatic carbocycles. The van der Waals surface area contributed by atoms with Crippen molar-refractivity contribution in [2.24, 2.45) is 0 Å². The van der Waals surface area contributed by atoms with Crippen LogP contribution in [0.3, 0.4) is 0 Å². The van der Waals surface area contributed by atoms with Crippen LogP contribution in [0.1, 0.15) is 0 Å². The predicted octanol–water partition coefficient (Wildman–Crippen LogP) is 0.892. The minimum absolute atomic E-state index is 0. The summed E-state index contributed by atoms with van der Waals surface area (Å²) in [7, 11) is 1.70. The lowest BCUT2D eigenvalue weighted by Crippen LogP contribution is -3.00. The Bertz CT molecular complexity index is 743. The van der Waals surface area contributed by atoms with Gasteiger partial charge in [-0.2, -0.15) is 4.57 Å². The van der Waals surface area contributed by atoms with Crippen LogP contribution in [-0.4, -0.2) is 7.11 Å². The second-order valence-electron chi connectivity index (χ2n) is 4.27. The highest BCUT2D eigenvalue weighted by molar-refractivity contribution is 9.10. The van der Waals surface area contributed by atoms with Crippen LogP contribution in [-0.2, 0) is 0 Å². The topological polar surface area (TPSA) is 13.1 Å². The first-order chi connectivity index (χ1) is 9.29. The van der Waals surface area contributed by atoms with Crippen molar-refractivity contribution in [1.82, 2.24) is 0 Å². The van der Waals surface area contributed by atoms with Gasteiger partial charge >= 0.3 is 0 Å². The number of methoxy groups -OCH3 is 1. The molecule has 0 aliphatic rings. The van der Waals surface area contributed by atoms with Gasteiger partial charge in [-0.05, 0) is 33.4 Å². The molecule has 0 amide bonds. The van der Waals surface area contributed by atoms with Crippen molar-refractivity contribution in [3.8, 4) is 11.4 Å². The van der Waals surface area contributed by atoms with Crippen LogP contribution in [0.2, 0.25) is 0 Å². The molecule has 0 aliphatic heterocycles. The van der Waals surface area contributed by atoms with Crippen LogP contribution in [0, 0.1) is 0 Å². The molecule has 4 heteroatoms. The molecule has 0 spiro atoms. The number of ether oxygens (including phenoxy) is 1. The molecule has 0 unspecified atom stereocenters. The van der Waals surface area contributed by atoms with E-state index in [9.17, 15) is 0 Å². The summed E-state index contributed by atoms with van der Waals surface area (Å²) >= 11 is 3.58. The molecule has 3 aromatic rings. The van der Waals surface area contributed by atoms with E-state index >= 15 is 0 Å². The Kier molecular flexibility index (Phi) is 4.78. The van der Waals surface area contributed by atoms with Crippen molar-refractivity contribution in [3.05, 3.63) is 65.4 Å². The van der Waals surface area contributed by atoms with Crippen LogP contribution in [0.15, 0.2) is 65.4 Å². The van der Waals surface area contributed by atoms with Gasteiger partial charge in [-0.3, -0.25) is 0 Å². The first-order valence-corrected chi connectivity index (χ1v) is 6.82. The Hall–Kier alpha value is -1.39. The maximum Gasteiger partial charge on any atom is 0.224 e. The van der Waals surface area contributed by atoms with Crippen LogP contribution in [0.4, 0.5) is 0 Å². The fourth-order valence-corrected chi connectivity index (χ4v) is 2.67. The molecule has 0 atom stereocenters. The Labute approximate surface area is 136 Å². The maximum atomic E-state index is 5.42. The van der Waals surface area contributed by atoms with Gasteiger partial charge in [0.2, 0.25) is 5.69 Å². The number of para-hydroxylation sites is 1. The second-order valence-corrected chi connectivity index (χ2v) is 5.12. The lowest BCUT2D eigenvalue weighted by molar-refractivity contribution is -0.594. The number of aromatic nitrogens is 1. The molecule has 0 saturated heterocycles. The lowest BCUT2D eigenvalue weighted by Gasteiger charge is -2.04. The number of fused-ring (bicyclic) bond motifs is 1. The SMILES string of the molecule is COc1cccc2cc[n+](-c3ccccc3Br)cc12.[Br-]. The van der Waals surface area contributed by atoms with Crippen LogP contribution < -0.4 is 26.3 Å². The molecule has 0 N–H and O–H groups in total. The molecule has 102 valence electrons. The fraction of sp³-hybridized carbons (Fsp3) is 0.0625. The quantitative estimate of drug-likeness (QED) is 0.588. The van der Waals surface area contributed by atoms with E-state index in [-0.39, 0.29) is 17.0 Å². The number of rotatable bonds is 2. The van der Waals surface area contributed by atoms with E-state index in [0.717, 1.165) is 21.3 Å². The molecule has 0 saturated carbocycles. The van der Waals surface area contributed by atoms with Crippen molar-refractivity contribution in [3.63, 3.8) is 0 Å². The zero-order valence-electron chi connectivity index (χ0n) is 10.9. The van der Waals surface area contributed by atoms with Gasteiger partial charge in [-0.15, -0.1) is 0 Å². The molecule has 0 aliphatic carbocycles. The summed E-state index contributed by atoms with van der Waals surface area (Å²) in [6.45, 7) is 0. The molecular formula is C16H13Br2NO. The summed E-state index contributed by atoms with van der Waals surface area (Å²) in [4.78, 5) is 0. The Morgan fingerprint density at radius 1 is 1.00 bits per heavy atom. The maximum absolute atomic E-state index is 5.42. The van der Waals surface area contributed by atoms with Gasteiger partial charge in [-0.1, -0.05) is 24.3 Å². The molecular weight excluding hydrogens is 382 g/mol. The number of pyridine rings is 1. The van der Waals surface area contributed by atoms with E-state index in [2.05, 4.69) is 51.1 Å². The number of halogens is 2. The summed E-state index contributed by atoms with van der Waals surface area (Å²) < 4.78 is 8.58. The standard InChI is InChI=1S/C16H13BrNO.BrH/c1-19-16-8-4-5-12-9-10-18(11-13(12)16)15-7-3-2-6-14(15)17;/h2-11H,1H3;1H/q+1;/p-1. The van der Waals surface area contributed by atoms with Gasteiger partial charge in [0.15, 0.2) is 12.4 Å². The van der Waals surface area contributed by atoms with Crippen molar-refractivity contribution in [2.75, 3.05) is 7.11 Å². The van der Waals surface area contributed by atoms with Gasteiger partial charge in [-0.25, -0.2) is 0 Å². The van der Waals surface area contributed by atoms with E-state index in [1.807, 2.05) is 30.3 Å². The van der Waals surface area contributed by atoms with Gasteiger partial charge in [0.05, 0.1) is 17.0 Å². The molecule has 1 aromatic heterocycles. The van der Waals surface area contributed by atoms with E-state index < -0.39 is 0 Å². The average Bonchev–Trinajstić information content (AvgIpc) is 2.46. The second kappa shape index (κ2) is 6.37. The van der Waals surface area contributed by atoms with Gasteiger partial charge in [0.1, 0.15) is 5.75 Å². The number of benzene rings is 2. The van der Waals surface area contributed by atoms with E-state index in [1.165, 1.54) is 5.39 Å². The van der Waals surface area contributed by atoms with E-state index in [0.29, 0.717) is 0 Å². The third-order valence-electron chi connectivity index (χ3n) is 3.13. The monoisotopic (exact) mass is 393 g/mol.